The predicted octanol–water partition coefficient (Wildman–Crippen LogP) is -0.886. The first-order chi connectivity index (χ1) is 6.11. The maximum atomic E-state index is 9.57. The Bertz CT molecular complexity index is 163. The monoisotopic (exact) mass is 192 g/mol. The van der Waals surface area contributed by atoms with Crippen molar-refractivity contribution >= 4 is 0 Å². The van der Waals surface area contributed by atoms with E-state index in [0.29, 0.717) is 0 Å². The van der Waals surface area contributed by atoms with Gasteiger partial charge >= 0.3 is 0 Å². The van der Waals surface area contributed by atoms with Gasteiger partial charge in [0.1, 0.15) is 18.3 Å². The molecule has 5 nitrogen and oxygen atoms in total. The molecular weight excluding hydrogens is 176 g/mol. The van der Waals surface area contributed by atoms with Gasteiger partial charge in [-0.1, -0.05) is 0 Å². The molecule has 13 heavy (non-hydrogen) atoms. The average Bonchev–Trinajstić information content (AvgIpc) is 2.12. The Hall–Kier alpha value is -0.200. The molecular formula is C8H16O5. The van der Waals surface area contributed by atoms with E-state index in [1.165, 1.54) is 14.2 Å². The molecule has 0 amide bonds. The number of aliphatic hydroxyl groups is 2. The molecule has 0 unspecified atom stereocenters. The smallest absolute Gasteiger partial charge is 0.186 e. The van der Waals surface area contributed by atoms with Gasteiger partial charge in [-0.3, -0.25) is 0 Å². The number of methoxy groups -OCH3 is 2. The zero-order valence-electron chi connectivity index (χ0n) is 8.01. The number of ether oxygens (including phenoxy) is 3. The van der Waals surface area contributed by atoms with E-state index in [0.717, 1.165) is 0 Å². The van der Waals surface area contributed by atoms with Crippen molar-refractivity contribution in [1.29, 1.82) is 0 Å². The molecule has 0 saturated carbocycles. The van der Waals surface area contributed by atoms with Crippen LogP contribution in [0.25, 0.3) is 0 Å². The summed E-state index contributed by atoms with van der Waals surface area (Å²) in [5.74, 6) is 0. The highest BCUT2D eigenvalue weighted by atomic mass is 16.7. The van der Waals surface area contributed by atoms with Crippen molar-refractivity contribution in [1.82, 2.24) is 0 Å². The third-order valence-corrected chi connectivity index (χ3v) is 2.28. The Labute approximate surface area is 77.2 Å². The molecule has 1 aliphatic heterocycles. The largest absolute Gasteiger partial charge is 0.387 e. The van der Waals surface area contributed by atoms with Crippen LogP contribution in [-0.4, -0.2) is 55.1 Å². The van der Waals surface area contributed by atoms with Crippen LogP contribution in [0.15, 0.2) is 0 Å². The minimum absolute atomic E-state index is 0.298. The Balaban J connectivity index is 2.66. The summed E-state index contributed by atoms with van der Waals surface area (Å²) < 4.78 is 15.1. The van der Waals surface area contributed by atoms with Crippen molar-refractivity contribution < 1.29 is 24.4 Å². The highest BCUT2D eigenvalue weighted by Gasteiger charge is 2.42. The second-order valence-electron chi connectivity index (χ2n) is 3.13. The third-order valence-electron chi connectivity index (χ3n) is 2.28. The summed E-state index contributed by atoms with van der Waals surface area (Å²) in [5.41, 5.74) is 0. The van der Waals surface area contributed by atoms with E-state index in [4.69, 9.17) is 14.2 Å². The number of hydrogen-bond acceptors (Lipinski definition) is 5. The van der Waals surface area contributed by atoms with E-state index in [1.54, 1.807) is 6.92 Å². The van der Waals surface area contributed by atoms with Crippen molar-refractivity contribution in [2.24, 2.45) is 0 Å². The van der Waals surface area contributed by atoms with Gasteiger partial charge in [-0.2, -0.15) is 0 Å². The molecule has 1 fully saturated rings. The summed E-state index contributed by atoms with van der Waals surface area (Å²) in [5, 5.41) is 19.1. The molecule has 0 aromatic carbocycles. The van der Waals surface area contributed by atoms with E-state index in [9.17, 15) is 10.2 Å². The molecule has 5 atom stereocenters. The Kier molecular flexibility index (Phi) is 3.63. The molecule has 1 heterocycles. The van der Waals surface area contributed by atoms with Crippen molar-refractivity contribution in [2.75, 3.05) is 14.2 Å². The van der Waals surface area contributed by atoms with Gasteiger partial charge in [-0.25, -0.2) is 0 Å². The van der Waals surface area contributed by atoms with Crippen LogP contribution in [0, 0.1) is 0 Å². The molecule has 0 aromatic rings. The van der Waals surface area contributed by atoms with Gasteiger partial charge in [0.05, 0.1) is 6.10 Å². The van der Waals surface area contributed by atoms with Crippen molar-refractivity contribution in [3.8, 4) is 0 Å². The molecule has 1 saturated heterocycles. The zero-order valence-corrected chi connectivity index (χ0v) is 8.01. The Morgan fingerprint density at radius 1 is 1.08 bits per heavy atom. The molecule has 5 heteroatoms. The molecule has 0 spiro atoms. The van der Waals surface area contributed by atoms with Crippen molar-refractivity contribution in [3.63, 3.8) is 0 Å². The summed E-state index contributed by atoms with van der Waals surface area (Å²) in [4.78, 5) is 0. The van der Waals surface area contributed by atoms with E-state index in [2.05, 4.69) is 0 Å². The molecule has 0 bridgehead atoms. The van der Waals surface area contributed by atoms with E-state index >= 15 is 0 Å². The van der Waals surface area contributed by atoms with Gasteiger partial charge in [0.25, 0.3) is 0 Å². The van der Waals surface area contributed by atoms with Crippen LogP contribution in [0.4, 0.5) is 0 Å². The van der Waals surface area contributed by atoms with Gasteiger partial charge in [0.2, 0.25) is 0 Å². The zero-order chi connectivity index (χ0) is 10.0. The second-order valence-corrected chi connectivity index (χ2v) is 3.13. The average molecular weight is 192 g/mol. The molecule has 0 aliphatic carbocycles. The molecule has 0 aromatic heterocycles. The first-order valence-electron chi connectivity index (χ1n) is 4.19. The van der Waals surface area contributed by atoms with Crippen LogP contribution in [0.2, 0.25) is 0 Å². The lowest BCUT2D eigenvalue weighted by Crippen LogP contribution is -2.57. The standard InChI is InChI=1S/C8H16O5/c1-4-7(11-2)5(9)6(10)8(12-3)13-4/h4-10H,1-3H3/t4-,5+,6+,7-,8+/m1/s1. The summed E-state index contributed by atoms with van der Waals surface area (Å²) >= 11 is 0. The lowest BCUT2D eigenvalue weighted by Gasteiger charge is -2.39. The topological polar surface area (TPSA) is 68.2 Å². The Morgan fingerprint density at radius 2 is 1.69 bits per heavy atom. The maximum Gasteiger partial charge on any atom is 0.186 e. The first kappa shape index (κ1) is 10.9. The fourth-order valence-electron chi connectivity index (χ4n) is 1.53. The minimum atomic E-state index is -1.06. The van der Waals surface area contributed by atoms with Gasteiger partial charge in [-0.05, 0) is 6.92 Å². The van der Waals surface area contributed by atoms with Crippen molar-refractivity contribution in [2.45, 2.75) is 37.6 Å². The van der Waals surface area contributed by atoms with Crippen LogP contribution >= 0.6 is 0 Å². The normalized spacial score (nSPS) is 46.4. The van der Waals surface area contributed by atoms with E-state index in [1.807, 2.05) is 0 Å². The lowest BCUT2D eigenvalue weighted by molar-refractivity contribution is -0.289. The molecule has 78 valence electrons. The highest BCUT2D eigenvalue weighted by Crippen LogP contribution is 2.22. The first-order valence-corrected chi connectivity index (χ1v) is 4.19. The molecule has 1 aliphatic rings. The van der Waals surface area contributed by atoms with Gasteiger partial charge in [0, 0.05) is 14.2 Å². The lowest BCUT2D eigenvalue weighted by atomic mass is 10.00. The molecule has 0 radical (unpaired) electrons. The quantitative estimate of drug-likeness (QED) is 0.594. The van der Waals surface area contributed by atoms with Gasteiger partial charge in [-0.15, -0.1) is 0 Å². The van der Waals surface area contributed by atoms with Crippen LogP contribution in [0.1, 0.15) is 6.92 Å². The van der Waals surface area contributed by atoms with Crippen molar-refractivity contribution in [3.05, 3.63) is 0 Å². The molecule has 1 rings (SSSR count). The predicted molar refractivity (Wildman–Crippen MR) is 44.2 cm³/mol. The number of aliphatic hydroxyl groups excluding tert-OH is 2. The van der Waals surface area contributed by atoms with Gasteiger partial charge < -0.3 is 24.4 Å². The second kappa shape index (κ2) is 4.34. The van der Waals surface area contributed by atoms with Crippen LogP contribution in [0.5, 0.6) is 0 Å². The maximum absolute atomic E-state index is 9.57. The Morgan fingerprint density at radius 3 is 2.15 bits per heavy atom. The van der Waals surface area contributed by atoms with Gasteiger partial charge in [0.15, 0.2) is 6.29 Å². The summed E-state index contributed by atoms with van der Waals surface area (Å²) in [6.07, 6.45) is -3.63. The fraction of sp³-hybridized carbons (Fsp3) is 1.00. The molecule has 2 N–H and O–H groups in total. The van der Waals surface area contributed by atoms with E-state index in [-0.39, 0.29) is 6.10 Å². The van der Waals surface area contributed by atoms with E-state index < -0.39 is 24.6 Å². The third kappa shape index (κ3) is 2.00. The SMILES string of the molecule is CO[C@H]1O[C@H](C)[C@@H](OC)[C@@H](O)[C@@H]1O. The fourth-order valence-corrected chi connectivity index (χ4v) is 1.53. The van der Waals surface area contributed by atoms with Crippen LogP contribution < -0.4 is 0 Å². The minimum Gasteiger partial charge on any atom is -0.387 e. The highest BCUT2D eigenvalue weighted by molar-refractivity contribution is 4.87. The summed E-state index contributed by atoms with van der Waals surface area (Å²) in [6, 6.07) is 0. The number of rotatable bonds is 2. The summed E-state index contributed by atoms with van der Waals surface area (Å²) in [6.45, 7) is 1.76. The van der Waals surface area contributed by atoms with Crippen LogP contribution in [-0.2, 0) is 14.2 Å². The van der Waals surface area contributed by atoms with Crippen LogP contribution in [0.3, 0.4) is 0 Å². The number of hydrogen-bond donors (Lipinski definition) is 2. The summed E-state index contributed by atoms with van der Waals surface area (Å²) in [7, 11) is 2.88.